The lowest BCUT2D eigenvalue weighted by Crippen LogP contribution is -1.94. The maximum absolute atomic E-state index is 14.5. The van der Waals surface area contributed by atoms with Crippen LogP contribution in [0.15, 0.2) is 54.6 Å². The number of hydrogen-bond acceptors (Lipinski definition) is 0. The Hall–Kier alpha value is -2.33. The van der Waals surface area contributed by atoms with Gasteiger partial charge >= 0.3 is 0 Å². The van der Waals surface area contributed by atoms with E-state index in [0.29, 0.717) is 17.2 Å². The average molecular weight is 339 g/mol. The number of halogens is 3. The first-order valence-corrected chi connectivity index (χ1v) is 8.20. The fourth-order valence-corrected chi connectivity index (χ4v) is 2.81. The zero-order valence-electron chi connectivity index (χ0n) is 13.0. The molecule has 0 spiro atoms. The van der Waals surface area contributed by atoms with Gasteiger partial charge in [0.15, 0.2) is 0 Å². The van der Waals surface area contributed by atoms with Gasteiger partial charge in [-0.25, -0.2) is 13.2 Å². The molecule has 0 fully saturated rings. The van der Waals surface area contributed by atoms with Gasteiger partial charge in [-0.2, -0.15) is 0 Å². The van der Waals surface area contributed by atoms with Crippen LogP contribution in [0.2, 0.25) is 0 Å². The summed E-state index contributed by atoms with van der Waals surface area (Å²) in [6, 6.07) is 14.9. The summed E-state index contributed by atoms with van der Waals surface area (Å²) in [7, 11) is 3.41. The third-order valence-electron chi connectivity index (χ3n) is 3.99. The molecule has 3 aromatic carbocycles. The molecule has 0 N–H and O–H groups in total. The summed E-state index contributed by atoms with van der Waals surface area (Å²) < 4.78 is 42.7. The van der Waals surface area contributed by atoms with Gasteiger partial charge in [0.25, 0.3) is 0 Å². The molecule has 0 saturated heterocycles. The molecule has 0 nitrogen and oxygen atoms in total. The molecule has 119 valence electrons. The predicted molar refractivity (Wildman–Crippen MR) is 91.4 cm³/mol. The second-order valence-electron chi connectivity index (χ2n) is 5.65. The van der Waals surface area contributed by atoms with Crippen molar-refractivity contribution in [2.45, 2.75) is 13.0 Å². The molecule has 0 saturated carbocycles. The Kier molecular flexibility index (Phi) is 4.58. The largest absolute Gasteiger partial charge is 0.207 e. The maximum atomic E-state index is 14.5. The van der Waals surface area contributed by atoms with E-state index < -0.39 is 17.5 Å². The Morgan fingerprint density at radius 3 is 1.79 bits per heavy atom. The van der Waals surface area contributed by atoms with Gasteiger partial charge in [-0.15, -0.1) is 0 Å². The highest BCUT2D eigenvalue weighted by Gasteiger charge is 2.15. The van der Waals surface area contributed by atoms with Crippen molar-refractivity contribution in [1.82, 2.24) is 0 Å². The summed E-state index contributed by atoms with van der Waals surface area (Å²) in [5.74, 6) is -1.91. The molecule has 0 heterocycles. The quantitative estimate of drug-likeness (QED) is 0.559. The fraction of sp³-hybridized carbons (Fsp3) is 0.100. The van der Waals surface area contributed by atoms with E-state index in [4.69, 9.17) is 0 Å². The first-order chi connectivity index (χ1) is 11.5. The zero-order valence-corrected chi connectivity index (χ0v) is 14.0. The number of aryl methyl sites for hydroxylation is 1. The normalized spacial score (nSPS) is 10.9. The smallest absolute Gasteiger partial charge is 0.134 e. The van der Waals surface area contributed by atoms with Gasteiger partial charge in [-0.05, 0) is 53.4 Å². The van der Waals surface area contributed by atoms with Gasteiger partial charge in [0.2, 0.25) is 0 Å². The number of benzene rings is 3. The Morgan fingerprint density at radius 2 is 1.25 bits per heavy atom. The van der Waals surface area contributed by atoms with Crippen LogP contribution in [0.4, 0.5) is 13.2 Å². The first-order valence-electron chi connectivity index (χ1n) is 7.49. The lowest BCUT2D eigenvalue weighted by Gasteiger charge is -2.10. The minimum absolute atomic E-state index is 0.189. The maximum Gasteiger partial charge on any atom is 0.134 e. The molecule has 24 heavy (non-hydrogen) atoms. The summed E-state index contributed by atoms with van der Waals surface area (Å²) in [4.78, 5) is 0. The van der Waals surface area contributed by atoms with Crippen LogP contribution in [0.25, 0.3) is 22.3 Å². The molecule has 4 heteroatoms. The summed E-state index contributed by atoms with van der Waals surface area (Å²) >= 11 is 0. The molecule has 0 unspecified atom stereocenters. The van der Waals surface area contributed by atoms with Gasteiger partial charge < -0.3 is 0 Å². The van der Waals surface area contributed by atoms with Gasteiger partial charge in [0.1, 0.15) is 17.5 Å². The van der Waals surface area contributed by atoms with Crippen LogP contribution in [0.1, 0.15) is 11.1 Å². The second kappa shape index (κ2) is 6.65. The van der Waals surface area contributed by atoms with Gasteiger partial charge in [-0.1, -0.05) is 42.0 Å². The molecule has 0 amide bonds. The molecule has 0 bridgehead atoms. The lowest BCUT2D eigenvalue weighted by atomic mass is 9.97. The van der Waals surface area contributed by atoms with Crippen molar-refractivity contribution in [3.05, 3.63) is 83.2 Å². The molecular formula is C20H14F3Si. The van der Waals surface area contributed by atoms with Crippen LogP contribution in [-0.2, 0) is 6.04 Å². The highest BCUT2D eigenvalue weighted by molar-refractivity contribution is 6.08. The van der Waals surface area contributed by atoms with Crippen molar-refractivity contribution < 1.29 is 13.2 Å². The SMILES string of the molecule is Cc1ccc(-c2c(F)cc(-c3ccc(C[Si])cc3)cc2F)cc1F. The van der Waals surface area contributed by atoms with Crippen molar-refractivity contribution in [2.24, 2.45) is 0 Å². The van der Waals surface area contributed by atoms with E-state index in [2.05, 4.69) is 10.2 Å². The predicted octanol–water partition coefficient (Wildman–Crippen LogP) is 5.41. The Morgan fingerprint density at radius 1 is 0.708 bits per heavy atom. The monoisotopic (exact) mass is 339 g/mol. The van der Waals surface area contributed by atoms with E-state index in [1.165, 1.54) is 24.3 Å². The van der Waals surface area contributed by atoms with Crippen molar-refractivity contribution in [1.29, 1.82) is 0 Å². The van der Waals surface area contributed by atoms with E-state index in [9.17, 15) is 13.2 Å². The molecule has 0 aliphatic rings. The standard InChI is InChI=1S/C20H14F3Si/c1-12-2-5-15(8-17(12)21)20-18(22)9-16(10-19(20)23)14-6-3-13(11-24)4-7-14/h2-10H,11H2,1H3. The average Bonchev–Trinajstić information content (AvgIpc) is 2.57. The summed E-state index contributed by atoms with van der Waals surface area (Å²) in [6.45, 7) is 1.60. The second-order valence-corrected chi connectivity index (χ2v) is 6.01. The minimum Gasteiger partial charge on any atom is -0.207 e. The van der Waals surface area contributed by atoms with Crippen LogP contribution in [0.5, 0.6) is 0 Å². The third kappa shape index (κ3) is 3.15. The molecule has 3 radical (unpaired) electrons. The highest BCUT2D eigenvalue weighted by Crippen LogP contribution is 2.32. The topological polar surface area (TPSA) is 0 Å². The highest BCUT2D eigenvalue weighted by atomic mass is 28.1. The van der Waals surface area contributed by atoms with Gasteiger partial charge in [-0.3, -0.25) is 0 Å². The number of hydrogen-bond donors (Lipinski definition) is 0. The Labute approximate surface area is 142 Å². The van der Waals surface area contributed by atoms with Crippen LogP contribution in [0, 0.1) is 24.4 Å². The molecule has 0 atom stereocenters. The lowest BCUT2D eigenvalue weighted by molar-refractivity contribution is 0.589. The molecule has 3 rings (SSSR count). The van der Waals surface area contributed by atoms with Crippen molar-refractivity contribution in [2.75, 3.05) is 0 Å². The van der Waals surface area contributed by atoms with Crippen molar-refractivity contribution >= 4 is 10.2 Å². The van der Waals surface area contributed by atoms with E-state index >= 15 is 0 Å². The summed E-state index contributed by atoms with van der Waals surface area (Å²) in [6.07, 6.45) is 0. The fourth-order valence-electron chi connectivity index (χ4n) is 2.58. The van der Waals surface area contributed by atoms with Crippen LogP contribution >= 0.6 is 0 Å². The first kappa shape index (κ1) is 16.5. The van der Waals surface area contributed by atoms with Crippen LogP contribution in [-0.4, -0.2) is 10.2 Å². The van der Waals surface area contributed by atoms with E-state index in [1.807, 2.05) is 24.3 Å². The molecule has 3 aromatic rings. The van der Waals surface area contributed by atoms with Gasteiger partial charge in [0, 0.05) is 10.2 Å². The van der Waals surface area contributed by atoms with Crippen LogP contribution < -0.4 is 0 Å². The third-order valence-corrected chi connectivity index (χ3v) is 4.40. The zero-order chi connectivity index (χ0) is 17.3. The van der Waals surface area contributed by atoms with Crippen molar-refractivity contribution in [3.63, 3.8) is 0 Å². The molecule has 0 aliphatic heterocycles. The Bertz CT molecular complexity index is 863. The van der Waals surface area contributed by atoms with Crippen molar-refractivity contribution in [3.8, 4) is 22.3 Å². The molecule has 0 aromatic heterocycles. The summed E-state index contributed by atoms with van der Waals surface area (Å²) in [5.41, 5.74) is 2.65. The summed E-state index contributed by atoms with van der Waals surface area (Å²) in [5, 5.41) is 0. The van der Waals surface area contributed by atoms with E-state index in [0.717, 1.165) is 17.2 Å². The minimum atomic E-state index is -0.711. The Balaban J connectivity index is 2.06. The van der Waals surface area contributed by atoms with E-state index in [1.54, 1.807) is 6.92 Å². The molecule has 0 aliphatic carbocycles. The van der Waals surface area contributed by atoms with Crippen LogP contribution in [0.3, 0.4) is 0 Å². The number of rotatable bonds is 3. The molecular weight excluding hydrogens is 325 g/mol. The van der Waals surface area contributed by atoms with E-state index in [-0.39, 0.29) is 11.1 Å². The van der Waals surface area contributed by atoms with Gasteiger partial charge in [0.05, 0.1) is 5.56 Å².